The van der Waals surface area contributed by atoms with Crippen molar-refractivity contribution in [2.24, 2.45) is 0 Å². The number of halogens is 1. The number of rotatable bonds is 1. The molecule has 1 heterocycles. The van der Waals surface area contributed by atoms with Gasteiger partial charge in [0.15, 0.2) is 0 Å². The van der Waals surface area contributed by atoms with Gasteiger partial charge in [-0.1, -0.05) is 0 Å². The number of nitrogens with one attached hydrogen (secondary N) is 1. The molecule has 64 valence electrons. The van der Waals surface area contributed by atoms with Gasteiger partial charge in [0, 0.05) is 0 Å². The lowest BCUT2D eigenvalue weighted by molar-refractivity contribution is 0.0682. The maximum absolute atomic E-state index is 12.6. The number of aromatic nitrogens is 2. The molecule has 0 saturated heterocycles. The zero-order valence-corrected chi connectivity index (χ0v) is 6.09. The summed E-state index contributed by atoms with van der Waals surface area (Å²) in [5.41, 5.74) is -1.30. The first-order chi connectivity index (χ1) is 5.52. The fourth-order valence-corrected chi connectivity index (χ4v) is 0.673. The minimum Gasteiger partial charge on any atom is -0.475 e. The summed E-state index contributed by atoms with van der Waals surface area (Å²) in [6.45, 7) is 1.22. The predicted octanol–water partition coefficient (Wildman–Crippen LogP) is -0.0844. The van der Waals surface area contributed by atoms with Gasteiger partial charge in [0.1, 0.15) is 0 Å². The molecular weight excluding hydrogens is 167 g/mol. The van der Waals surface area contributed by atoms with Crippen LogP contribution in [0.25, 0.3) is 0 Å². The first-order valence-electron chi connectivity index (χ1n) is 3.02. The van der Waals surface area contributed by atoms with Gasteiger partial charge in [0.05, 0.1) is 5.69 Å². The van der Waals surface area contributed by atoms with Gasteiger partial charge in [-0.2, -0.15) is 4.39 Å². The lowest BCUT2D eigenvalue weighted by Gasteiger charge is -1.95. The molecule has 0 aliphatic heterocycles. The lowest BCUT2D eigenvalue weighted by atomic mass is 10.4. The van der Waals surface area contributed by atoms with Gasteiger partial charge in [0.25, 0.3) is 5.56 Å². The molecule has 0 aromatic carbocycles. The van der Waals surface area contributed by atoms with E-state index in [1.54, 1.807) is 4.98 Å². The molecule has 0 spiro atoms. The monoisotopic (exact) mass is 172 g/mol. The Labute approximate surface area is 65.9 Å². The maximum Gasteiger partial charge on any atom is 0.372 e. The van der Waals surface area contributed by atoms with Crippen LogP contribution in [0.5, 0.6) is 0 Å². The molecule has 0 aliphatic carbocycles. The summed E-state index contributed by atoms with van der Waals surface area (Å²) in [6, 6.07) is 0. The van der Waals surface area contributed by atoms with Gasteiger partial charge < -0.3 is 5.11 Å². The van der Waals surface area contributed by atoms with Crippen LogP contribution in [-0.2, 0) is 0 Å². The number of aromatic amines is 1. The third-order valence-electron chi connectivity index (χ3n) is 1.23. The number of aromatic carboxylic acids is 1. The third kappa shape index (κ3) is 1.31. The molecule has 1 aromatic rings. The van der Waals surface area contributed by atoms with Crippen LogP contribution in [0, 0.1) is 12.7 Å². The normalized spacial score (nSPS) is 9.83. The van der Waals surface area contributed by atoms with Crippen molar-refractivity contribution in [3.63, 3.8) is 0 Å². The van der Waals surface area contributed by atoms with Gasteiger partial charge in [0.2, 0.25) is 11.6 Å². The van der Waals surface area contributed by atoms with Gasteiger partial charge in [-0.3, -0.25) is 9.78 Å². The minimum absolute atomic E-state index is 0.226. The Morgan fingerprint density at radius 2 is 2.25 bits per heavy atom. The van der Waals surface area contributed by atoms with Crippen LogP contribution in [0.4, 0.5) is 4.39 Å². The summed E-state index contributed by atoms with van der Waals surface area (Å²) in [6.07, 6.45) is 0. The Balaban J connectivity index is 3.41. The quantitative estimate of drug-likeness (QED) is 0.620. The van der Waals surface area contributed by atoms with Crippen molar-refractivity contribution in [1.29, 1.82) is 0 Å². The number of hydrogen-bond acceptors (Lipinski definition) is 3. The van der Waals surface area contributed by atoms with Crippen LogP contribution in [0.1, 0.15) is 16.3 Å². The summed E-state index contributed by atoms with van der Waals surface area (Å²) in [7, 11) is 0. The molecule has 0 unspecified atom stereocenters. The van der Waals surface area contributed by atoms with Crippen molar-refractivity contribution in [2.75, 3.05) is 0 Å². The van der Waals surface area contributed by atoms with Gasteiger partial charge >= 0.3 is 5.97 Å². The molecule has 1 aromatic heterocycles. The Hall–Kier alpha value is -1.72. The molecule has 0 atom stereocenters. The standard InChI is InChI=1S/C6H5FN2O3/c1-2-3(7)5(10)9-4(8-2)6(11)12/h1H3,(H,11,12)(H,8,9,10). The highest BCUT2D eigenvalue weighted by Crippen LogP contribution is 1.95. The van der Waals surface area contributed by atoms with E-state index in [4.69, 9.17) is 5.11 Å². The van der Waals surface area contributed by atoms with Crippen LogP contribution in [-0.4, -0.2) is 21.0 Å². The zero-order valence-electron chi connectivity index (χ0n) is 6.09. The average molecular weight is 172 g/mol. The van der Waals surface area contributed by atoms with E-state index in [0.29, 0.717) is 0 Å². The number of nitrogens with zero attached hydrogens (tertiary/aromatic N) is 1. The molecule has 12 heavy (non-hydrogen) atoms. The molecule has 0 fully saturated rings. The van der Waals surface area contributed by atoms with E-state index in [0.717, 1.165) is 0 Å². The predicted molar refractivity (Wildman–Crippen MR) is 36.5 cm³/mol. The Morgan fingerprint density at radius 3 is 2.67 bits per heavy atom. The van der Waals surface area contributed by atoms with E-state index >= 15 is 0 Å². The molecule has 0 amide bonds. The second-order valence-electron chi connectivity index (χ2n) is 2.12. The van der Waals surface area contributed by atoms with Gasteiger partial charge in [-0.05, 0) is 6.92 Å². The molecule has 1 rings (SSSR count). The molecule has 0 aliphatic rings. The summed E-state index contributed by atoms with van der Waals surface area (Å²) >= 11 is 0. The maximum atomic E-state index is 12.6. The van der Waals surface area contributed by atoms with Crippen molar-refractivity contribution < 1.29 is 14.3 Å². The van der Waals surface area contributed by atoms with Crippen molar-refractivity contribution in [3.05, 3.63) is 27.7 Å². The summed E-state index contributed by atoms with van der Waals surface area (Å²) in [5.74, 6) is -3.01. The van der Waals surface area contributed by atoms with Crippen LogP contribution in [0.2, 0.25) is 0 Å². The molecule has 0 saturated carbocycles. The topological polar surface area (TPSA) is 83.0 Å². The number of carbonyl (C=O) groups is 1. The zero-order chi connectivity index (χ0) is 9.30. The van der Waals surface area contributed by atoms with Crippen LogP contribution in [0.15, 0.2) is 4.79 Å². The van der Waals surface area contributed by atoms with Crippen LogP contribution < -0.4 is 5.56 Å². The molecule has 5 nitrogen and oxygen atoms in total. The lowest BCUT2D eigenvalue weighted by Crippen LogP contribution is -2.20. The fourth-order valence-electron chi connectivity index (χ4n) is 0.673. The van der Waals surface area contributed by atoms with E-state index in [1.807, 2.05) is 0 Å². The Bertz CT molecular complexity index is 385. The second-order valence-corrected chi connectivity index (χ2v) is 2.12. The number of carboxylic acid groups (broad SMARTS) is 1. The first kappa shape index (κ1) is 8.38. The van der Waals surface area contributed by atoms with Crippen molar-refractivity contribution in [3.8, 4) is 0 Å². The summed E-state index contributed by atoms with van der Waals surface area (Å²) < 4.78 is 12.6. The number of hydrogen-bond donors (Lipinski definition) is 2. The van der Waals surface area contributed by atoms with E-state index in [2.05, 4.69) is 4.98 Å². The third-order valence-corrected chi connectivity index (χ3v) is 1.23. The van der Waals surface area contributed by atoms with E-state index < -0.39 is 23.2 Å². The highest BCUT2D eigenvalue weighted by Gasteiger charge is 2.11. The first-order valence-corrected chi connectivity index (χ1v) is 3.02. The molecule has 6 heteroatoms. The number of H-pyrrole nitrogens is 1. The smallest absolute Gasteiger partial charge is 0.372 e. The molecular formula is C6H5FN2O3. The van der Waals surface area contributed by atoms with Crippen LogP contribution in [0.3, 0.4) is 0 Å². The molecule has 0 bridgehead atoms. The molecule has 2 N–H and O–H groups in total. The van der Waals surface area contributed by atoms with Gasteiger partial charge in [-0.25, -0.2) is 9.78 Å². The van der Waals surface area contributed by atoms with Crippen molar-refractivity contribution in [2.45, 2.75) is 6.92 Å². The minimum atomic E-state index is -1.39. The molecule has 0 radical (unpaired) electrons. The Morgan fingerprint density at radius 1 is 1.67 bits per heavy atom. The largest absolute Gasteiger partial charge is 0.475 e. The number of carboxylic acids is 1. The van der Waals surface area contributed by atoms with E-state index in [1.165, 1.54) is 6.92 Å². The van der Waals surface area contributed by atoms with E-state index in [9.17, 15) is 14.0 Å². The fraction of sp³-hybridized carbons (Fsp3) is 0.167. The number of aryl methyl sites for hydroxylation is 1. The van der Waals surface area contributed by atoms with E-state index in [-0.39, 0.29) is 5.69 Å². The summed E-state index contributed by atoms with van der Waals surface area (Å²) in [5, 5.41) is 8.37. The highest BCUT2D eigenvalue weighted by atomic mass is 19.1. The van der Waals surface area contributed by atoms with Crippen molar-refractivity contribution >= 4 is 5.97 Å². The highest BCUT2D eigenvalue weighted by molar-refractivity contribution is 5.82. The average Bonchev–Trinajstić information content (AvgIpc) is 1.99. The van der Waals surface area contributed by atoms with Crippen LogP contribution >= 0.6 is 0 Å². The second kappa shape index (κ2) is 2.72. The Kier molecular flexibility index (Phi) is 1.90. The van der Waals surface area contributed by atoms with Crippen molar-refractivity contribution in [1.82, 2.24) is 9.97 Å². The van der Waals surface area contributed by atoms with Gasteiger partial charge in [-0.15, -0.1) is 0 Å². The SMILES string of the molecule is Cc1nc(C(=O)O)[nH]c(=O)c1F. The summed E-state index contributed by atoms with van der Waals surface area (Å²) in [4.78, 5) is 26.0.